The van der Waals surface area contributed by atoms with Gasteiger partial charge < -0.3 is 10.6 Å². The van der Waals surface area contributed by atoms with E-state index in [0.717, 1.165) is 32.4 Å². The Balaban J connectivity index is 1.72. The first kappa shape index (κ1) is 18.7. The molecule has 4 atom stereocenters. The highest BCUT2D eigenvalue weighted by Crippen LogP contribution is 2.26. The highest BCUT2D eigenvalue weighted by molar-refractivity contribution is 7.88. The van der Waals surface area contributed by atoms with Gasteiger partial charge >= 0.3 is 0 Å². The molecule has 2 fully saturated rings. The fraction of sp³-hybridized carbons (Fsp3) is 0.938. The third kappa shape index (κ3) is 6.39. The van der Waals surface area contributed by atoms with Crippen LogP contribution in [0.5, 0.6) is 0 Å². The summed E-state index contributed by atoms with van der Waals surface area (Å²) in [5, 5.41) is 6.41. The Hall–Kier alpha value is -0.660. The Morgan fingerprint density at radius 3 is 2.70 bits per heavy atom. The predicted molar refractivity (Wildman–Crippen MR) is 91.5 cm³/mol. The van der Waals surface area contributed by atoms with E-state index in [0.29, 0.717) is 24.8 Å². The van der Waals surface area contributed by atoms with E-state index in [1.807, 2.05) is 0 Å². The van der Waals surface area contributed by atoms with Crippen LogP contribution < -0.4 is 15.4 Å². The van der Waals surface area contributed by atoms with Crippen LogP contribution in [-0.4, -0.2) is 46.3 Å². The average molecular weight is 346 g/mol. The molecule has 4 unspecified atom stereocenters. The molecule has 6 nitrogen and oxygen atoms in total. The van der Waals surface area contributed by atoms with Gasteiger partial charge in [0.2, 0.25) is 15.9 Å². The van der Waals surface area contributed by atoms with E-state index in [4.69, 9.17) is 0 Å². The van der Waals surface area contributed by atoms with E-state index in [1.54, 1.807) is 0 Å². The van der Waals surface area contributed by atoms with Crippen molar-refractivity contribution < 1.29 is 13.2 Å². The number of carbonyl (C=O) groups excluding carboxylic acids is 1. The third-order valence-corrected chi connectivity index (χ3v) is 5.96. The van der Waals surface area contributed by atoms with Gasteiger partial charge in [0.15, 0.2) is 0 Å². The van der Waals surface area contributed by atoms with Crippen LogP contribution in [0.15, 0.2) is 0 Å². The van der Waals surface area contributed by atoms with Crippen molar-refractivity contribution in [2.45, 2.75) is 51.5 Å². The van der Waals surface area contributed by atoms with E-state index < -0.39 is 10.0 Å². The number of nitrogens with one attached hydrogen (secondary N) is 3. The normalized spacial score (nSPS) is 30.1. The van der Waals surface area contributed by atoms with E-state index >= 15 is 0 Å². The molecule has 0 radical (unpaired) electrons. The van der Waals surface area contributed by atoms with Crippen LogP contribution in [0.1, 0.15) is 45.4 Å². The minimum atomic E-state index is -3.18. The zero-order valence-corrected chi connectivity index (χ0v) is 15.1. The van der Waals surface area contributed by atoms with Gasteiger partial charge in [0.1, 0.15) is 0 Å². The summed E-state index contributed by atoms with van der Waals surface area (Å²) in [6, 6.07) is -0.0368. The molecule has 7 heteroatoms. The second kappa shape index (κ2) is 8.44. The Morgan fingerprint density at radius 1 is 1.26 bits per heavy atom. The van der Waals surface area contributed by atoms with Crippen LogP contribution in [0.3, 0.4) is 0 Å². The van der Waals surface area contributed by atoms with Gasteiger partial charge in [-0.25, -0.2) is 13.1 Å². The first-order chi connectivity index (χ1) is 10.8. The van der Waals surface area contributed by atoms with E-state index in [-0.39, 0.29) is 17.9 Å². The molecule has 3 N–H and O–H groups in total. The number of sulfonamides is 1. The predicted octanol–water partition coefficient (Wildman–Crippen LogP) is 0.846. The van der Waals surface area contributed by atoms with Crippen molar-refractivity contribution in [2.24, 2.45) is 17.8 Å². The second-order valence-corrected chi connectivity index (χ2v) is 9.06. The van der Waals surface area contributed by atoms with E-state index in [9.17, 15) is 13.2 Å². The summed E-state index contributed by atoms with van der Waals surface area (Å²) in [6.07, 6.45) is 6.98. The van der Waals surface area contributed by atoms with Gasteiger partial charge in [-0.05, 0) is 56.5 Å². The minimum absolute atomic E-state index is 0.0368. The van der Waals surface area contributed by atoms with Crippen molar-refractivity contribution in [3.8, 4) is 0 Å². The quantitative estimate of drug-likeness (QED) is 0.638. The van der Waals surface area contributed by atoms with Crippen LogP contribution in [0.4, 0.5) is 0 Å². The molecule has 1 saturated heterocycles. The molecule has 2 rings (SSSR count). The number of carbonyl (C=O) groups is 1. The molecule has 1 aliphatic carbocycles. The van der Waals surface area contributed by atoms with Crippen molar-refractivity contribution in [1.29, 1.82) is 0 Å². The average Bonchev–Trinajstić information content (AvgIpc) is 2.91. The van der Waals surface area contributed by atoms with E-state index in [2.05, 4.69) is 22.3 Å². The SMILES string of the molecule is CC(CC(=O)NCC1CCCC1NS(C)(=O)=O)C1CCCNC1. The maximum absolute atomic E-state index is 12.2. The highest BCUT2D eigenvalue weighted by Gasteiger charge is 2.30. The third-order valence-electron chi connectivity index (χ3n) is 5.23. The minimum Gasteiger partial charge on any atom is -0.356 e. The summed E-state index contributed by atoms with van der Waals surface area (Å²) >= 11 is 0. The number of hydrogen-bond acceptors (Lipinski definition) is 4. The Bertz CT molecular complexity index is 489. The lowest BCUT2D eigenvalue weighted by atomic mass is 9.85. The van der Waals surface area contributed by atoms with Gasteiger partial charge in [-0.15, -0.1) is 0 Å². The molecular formula is C16H31N3O3S. The second-order valence-electron chi connectivity index (χ2n) is 7.28. The van der Waals surface area contributed by atoms with Gasteiger partial charge in [0.05, 0.1) is 6.26 Å². The largest absolute Gasteiger partial charge is 0.356 e. The molecule has 0 aromatic heterocycles. The number of amides is 1. The lowest BCUT2D eigenvalue weighted by Gasteiger charge is -2.28. The monoisotopic (exact) mass is 345 g/mol. The van der Waals surface area contributed by atoms with Gasteiger partial charge in [-0.2, -0.15) is 0 Å². The molecule has 1 amide bonds. The zero-order chi connectivity index (χ0) is 16.9. The Labute approximate surface area is 140 Å². The fourth-order valence-electron chi connectivity index (χ4n) is 3.85. The summed E-state index contributed by atoms with van der Waals surface area (Å²) in [5.74, 6) is 1.27. The van der Waals surface area contributed by atoms with Gasteiger partial charge in [-0.3, -0.25) is 4.79 Å². The number of rotatable bonds is 7. The number of piperidine rings is 1. The molecule has 0 aromatic carbocycles. The highest BCUT2D eigenvalue weighted by atomic mass is 32.2. The molecule has 1 saturated carbocycles. The zero-order valence-electron chi connectivity index (χ0n) is 14.3. The van der Waals surface area contributed by atoms with Gasteiger partial charge in [-0.1, -0.05) is 13.3 Å². The van der Waals surface area contributed by atoms with E-state index in [1.165, 1.54) is 19.1 Å². The molecule has 2 aliphatic rings. The van der Waals surface area contributed by atoms with Crippen LogP contribution in [-0.2, 0) is 14.8 Å². The molecule has 0 spiro atoms. The van der Waals surface area contributed by atoms with Crippen LogP contribution in [0.25, 0.3) is 0 Å². The number of hydrogen-bond donors (Lipinski definition) is 3. The fourth-order valence-corrected chi connectivity index (χ4v) is 4.71. The van der Waals surface area contributed by atoms with Crippen LogP contribution >= 0.6 is 0 Å². The molecule has 0 bridgehead atoms. The van der Waals surface area contributed by atoms with Gasteiger partial charge in [0, 0.05) is 19.0 Å². The molecule has 1 aliphatic heterocycles. The first-order valence-corrected chi connectivity index (χ1v) is 10.7. The molecule has 134 valence electrons. The van der Waals surface area contributed by atoms with Crippen molar-refractivity contribution in [3.63, 3.8) is 0 Å². The molecular weight excluding hydrogens is 314 g/mol. The Morgan fingerprint density at radius 2 is 2.04 bits per heavy atom. The van der Waals surface area contributed by atoms with Crippen molar-refractivity contribution in [3.05, 3.63) is 0 Å². The smallest absolute Gasteiger partial charge is 0.220 e. The maximum atomic E-state index is 12.2. The summed E-state index contributed by atoms with van der Waals surface area (Å²) in [6.45, 7) is 4.83. The standard InChI is InChI=1S/C16H31N3O3S/c1-12(13-6-4-8-17-10-13)9-16(20)18-11-14-5-3-7-15(14)19-23(2,21)22/h12-15,17,19H,3-11H2,1-2H3,(H,18,20). The maximum Gasteiger partial charge on any atom is 0.220 e. The molecule has 1 heterocycles. The van der Waals surface area contributed by atoms with Crippen LogP contribution in [0.2, 0.25) is 0 Å². The molecule has 23 heavy (non-hydrogen) atoms. The summed E-state index contributed by atoms with van der Waals surface area (Å²) in [5.41, 5.74) is 0. The summed E-state index contributed by atoms with van der Waals surface area (Å²) < 4.78 is 25.5. The molecule has 0 aromatic rings. The van der Waals surface area contributed by atoms with Gasteiger partial charge in [0.25, 0.3) is 0 Å². The summed E-state index contributed by atoms with van der Waals surface area (Å²) in [4.78, 5) is 12.2. The first-order valence-electron chi connectivity index (χ1n) is 8.80. The topological polar surface area (TPSA) is 87.3 Å². The Kier molecular flexibility index (Phi) is 6.85. The van der Waals surface area contributed by atoms with Crippen LogP contribution in [0, 0.1) is 17.8 Å². The lowest BCUT2D eigenvalue weighted by molar-refractivity contribution is -0.122. The van der Waals surface area contributed by atoms with Crippen molar-refractivity contribution >= 4 is 15.9 Å². The van der Waals surface area contributed by atoms with Crippen molar-refractivity contribution in [1.82, 2.24) is 15.4 Å². The summed E-state index contributed by atoms with van der Waals surface area (Å²) in [7, 11) is -3.18. The lowest BCUT2D eigenvalue weighted by Crippen LogP contribution is -2.42. The van der Waals surface area contributed by atoms with Crippen molar-refractivity contribution in [2.75, 3.05) is 25.9 Å².